The van der Waals surface area contributed by atoms with E-state index in [1.165, 1.54) is 0 Å². The number of likely N-dealkylation sites (tertiary alicyclic amines) is 1. The third-order valence-electron chi connectivity index (χ3n) is 7.20. The maximum absolute atomic E-state index is 13.4. The van der Waals surface area contributed by atoms with Crippen LogP contribution in [0.2, 0.25) is 0 Å². The molecule has 4 amide bonds. The number of benzene rings is 1. The first-order valence-corrected chi connectivity index (χ1v) is 13.2. The summed E-state index contributed by atoms with van der Waals surface area (Å²) in [7, 11) is 0. The maximum atomic E-state index is 13.4. The van der Waals surface area contributed by atoms with E-state index in [0.29, 0.717) is 31.4 Å². The Kier molecular flexibility index (Phi) is 8.35. The normalized spacial score (nSPS) is 24.6. The number of fused-ring (bicyclic) bond motifs is 2. The molecule has 1 aromatic rings. The number of thioether (sulfide) groups is 1. The van der Waals surface area contributed by atoms with Gasteiger partial charge in [-0.25, -0.2) is 14.5 Å². The predicted octanol–water partition coefficient (Wildman–Crippen LogP) is 3.62. The van der Waals surface area contributed by atoms with Gasteiger partial charge in [-0.1, -0.05) is 51.1 Å². The molecule has 1 saturated carbocycles. The zero-order valence-corrected chi connectivity index (χ0v) is 21.5. The van der Waals surface area contributed by atoms with Gasteiger partial charge in [0, 0.05) is 12.1 Å². The molecule has 2 fully saturated rings. The van der Waals surface area contributed by atoms with E-state index < -0.39 is 46.9 Å². The van der Waals surface area contributed by atoms with E-state index >= 15 is 0 Å². The summed E-state index contributed by atoms with van der Waals surface area (Å²) in [6.07, 6.45) is 1.70. The fraction of sp³-hybridized carbons (Fsp3) is 0.600. The Labute approximate surface area is 210 Å². The van der Waals surface area contributed by atoms with E-state index in [-0.39, 0.29) is 12.6 Å². The fourth-order valence-electron chi connectivity index (χ4n) is 5.33. The quantitative estimate of drug-likeness (QED) is 0.493. The highest BCUT2D eigenvalue weighted by Gasteiger charge is 2.65. The molecule has 1 aromatic carbocycles. The monoisotopic (exact) mass is 505 g/mol. The first-order chi connectivity index (χ1) is 16.5. The lowest BCUT2D eigenvalue weighted by atomic mass is 9.57. The molecule has 9 nitrogen and oxygen atoms in total. The van der Waals surface area contributed by atoms with Crippen molar-refractivity contribution in [3.05, 3.63) is 35.9 Å². The van der Waals surface area contributed by atoms with E-state index in [1.807, 2.05) is 57.4 Å². The van der Waals surface area contributed by atoms with Crippen molar-refractivity contribution in [2.45, 2.75) is 71.2 Å². The zero-order chi connectivity index (χ0) is 25.8. The summed E-state index contributed by atoms with van der Waals surface area (Å²) >= 11 is 1.55. The Morgan fingerprint density at radius 1 is 1.23 bits per heavy atom. The summed E-state index contributed by atoms with van der Waals surface area (Å²) < 4.78 is 5.30. The largest absolute Gasteiger partial charge is 0.465 e. The molecule has 4 atom stereocenters. The van der Waals surface area contributed by atoms with E-state index in [1.54, 1.807) is 11.8 Å². The molecule has 1 aliphatic heterocycles. The summed E-state index contributed by atoms with van der Waals surface area (Å²) in [5.74, 6) is -0.217. The molecule has 0 aromatic heterocycles. The number of alkyl carbamates (subject to hydrolysis) is 1. The molecular weight excluding hydrogens is 470 g/mol. The third kappa shape index (κ3) is 5.58. The van der Waals surface area contributed by atoms with Gasteiger partial charge in [-0.15, -0.1) is 0 Å². The Morgan fingerprint density at radius 3 is 2.51 bits per heavy atom. The van der Waals surface area contributed by atoms with Gasteiger partial charge in [0.1, 0.15) is 12.6 Å². The number of carbonyl (C=O) groups is 4. The van der Waals surface area contributed by atoms with Crippen LogP contribution >= 0.6 is 11.8 Å². The van der Waals surface area contributed by atoms with Gasteiger partial charge < -0.3 is 20.5 Å². The molecule has 10 heteroatoms. The summed E-state index contributed by atoms with van der Waals surface area (Å²) in [5.41, 5.74) is -0.789. The molecule has 0 spiro atoms. The highest BCUT2D eigenvalue weighted by molar-refractivity contribution is 7.98. The molecule has 1 heterocycles. The summed E-state index contributed by atoms with van der Waals surface area (Å²) in [5, 5.41) is 15.3. The third-order valence-corrected chi connectivity index (χ3v) is 7.84. The summed E-state index contributed by atoms with van der Waals surface area (Å²) in [4.78, 5) is 52.0. The second-order valence-electron chi connectivity index (χ2n) is 10.2. The van der Waals surface area contributed by atoms with Crippen molar-refractivity contribution >= 4 is 35.8 Å². The minimum atomic E-state index is -1.25. The van der Waals surface area contributed by atoms with E-state index in [2.05, 4.69) is 10.6 Å². The van der Waals surface area contributed by atoms with Crippen LogP contribution in [0.15, 0.2) is 30.3 Å². The van der Waals surface area contributed by atoms with Gasteiger partial charge in [0.25, 0.3) is 0 Å². The lowest BCUT2D eigenvalue weighted by Crippen LogP contribution is -2.61. The number of hydrogen-bond donors (Lipinski definition) is 3. The van der Waals surface area contributed by atoms with E-state index in [9.17, 15) is 24.3 Å². The summed E-state index contributed by atoms with van der Waals surface area (Å²) in [6, 6.07) is 7.48. The Hall–Kier alpha value is -2.75. The number of carboxylic acid groups (broad SMARTS) is 1. The Balaban J connectivity index is 1.74. The minimum absolute atomic E-state index is 0.0835. The average Bonchev–Trinajstić information content (AvgIpc) is 3.06. The van der Waals surface area contributed by atoms with Crippen molar-refractivity contribution < 1.29 is 29.0 Å². The van der Waals surface area contributed by atoms with Gasteiger partial charge in [0.15, 0.2) is 0 Å². The van der Waals surface area contributed by atoms with Crippen molar-refractivity contribution in [1.82, 2.24) is 15.5 Å². The molecule has 0 radical (unpaired) electrons. The molecule has 2 aliphatic rings. The van der Waals surface area contributed by atoms with Gasteiger partial charge in [-0.3, -0.25) is 9.59 Å². The molecule has 1 unspecified atom stereocenters. The number of imide groups is 1. The van der Waals surface area contributed by atoms with Crippen LogP contribution in [-0.4, -0.2) is 64.1 Å². The average molecular weight is 506 g/mol. The molecular formula is C25H35N3O6S. The van der Waals surface area contributed by atoms with Crippen LogP contribution in [0, 0.1) is 10.8 Å². The molecule has 1 saturated heterocycles. The second-order valence-corrected chi connectivity index (χ2v) is 11.2. The zero-order valence-electron chi connectivity index (χ0n) is 20.7. The minimum Gasteiger partial charge on any atom is -0.465 e. The Bertz CT molecular complexity index is 950. The molecule has 1 aliphatic carbocycles. The summed E-state index contributed by atoms with van der Waals surface area (Å²) in [6.45, 7) is 5.80. The predicted molar refractivity (Wildman–Crippen MR) is 133 cm³/mol. The lowest BCUT2D eigenvalue weighted by Gasteiger charge is -2.47. The van der Waals surface area contributed by atoms with Crippen molar-refractivity contribution in [2.24, 2.45) is 10.8 Å². The van der Waals surface area contributed by atoms with E-state index in [4.69, 9.17) is 4.74 Å². The van der Waals surface area contributed by atoms with Crippen LogP contribution in [0.1, 0.15) is 52.0 Å². The molecule has 35 heavy (non-hydrogen) atoms. The van der Waals surface area contributed by atoms with Crippen LogP contribution in [-0.2, 0) is 20.9 Å². The SMILES string of the molecule is CSCCC(NC(=O)OCc1ccccc1)C(=O)N[C@H]1CC[C@@H]2C[C@]1(C(C)(C)C)C(=O)N2C(=O)O. The highest BCUT2D eigenvalue weighted by Crippen LogP contribution is 2.56. The smallest absolute Gasteiger partial charge is 0.414 e. The maximum Gasteiger partial charge on any atom is 0.414 e. The van der Waals surface area contributed by atoms with Crippen molar-refractivity contribution in [3.63, 3.8) is 0 Å². The van der Waals surface area contributed by atoms with E-state index in [0.717, 1.165) is 10.5 Å². The fourth-order valence-corrected chi connectivity index (χ4v) is 5.80. The van der Waals surface area contributed by atoms with Gasteiger partial charge in [0.2, 0.25) is 11.8 Å². The number of carbonyl (C=O) groups excluding carboxylic acids is 3. The standard InChI is InChI=1S/C25H35N3O6S/c1-24(2,3)25-14-17(28(21(25)30)23(32)33)10-11-19(25)27-20(29)18(12-13-35-4)26-22(31)34-15-16-8-6-5-7-9-16/h5-9,17-19H,10-15H2,1-4H3,(H,26,31)(H,27,29)(H,32,33)/t17-,18?,19+,25-/m1/s1. The lowest BCUT2D eigenvalue weighted by molar-refractivity contribution is -0.143. The van der Waals surface area contributed by atoms with Crippen LogP contribution in [0.3, 0.4) is 0 Å². The molecule has 3 rings (SSSR count). The van der Waals surface area contributed by atoms with Crippen LogP contribution in [0.4, 0.5) is 9.59 Å². The van der Waals surface area contributed by atoms with Gasteiger partial charge in [-0.05, 0) is 48.7 Å². The first kappa shape index (κ1) is 26.8. The van der Waals surface area contributed by atoms with Crippen molar-refractivity contribution in [1.29, 1.82) is 0 Å². The molecule has 192 valence electrons. The number of nitrogens with zero attached hydrogens (tertiary/aromatic N) is 1. The van der Waals surface area contributed by atoms with Gasteiger partial charge >= 0.3 is 12.2 Å². The highest BCUT2D eigenvalue weighted by atomic mass is 32.2. The number of amides is 4. The first-order valence-electron chi connectivity index (χ1n) is 11.8. The number of rotatable bonds is 8. The molecule has 2 bridgehead atoms. The van der Waals surface area contributed by atoms with Crippen molar-refractivity contribution in [3.8, 4) is 0 Å². The Morgan fingerprint density at radius 2 is 1.91 bits per heavy atom. The number of hydrogen-bond acceptors (Lipinski definition) is 6. The van der Waals surface area contributed by atoms with Crippen LogP contribution < -0.4 is 10.6 Å². The number of nitrogens with one attached hydrogen (secondary N) is 2. The van der Waals surface area contributed by atoms with Gasteiger partial charge in [0.05, 0.1) is 5.41 Å². The van der Waals surface area contributed by atoms with Crippen molar-refractivity contribution in [2.75, 3.05) is 12.0 Å². The number of ether oxygens (including phenoxy) is 1. The topological polar surface area (TPSA) is 125 Å². The van der Waals surface area contributed by atoms with Crippen LogP contribution in [0.25, 0.3) is 0 Å². The molecule has 3 N–H and O–H groups in total. The van der Waals surface area contributed by atoms with Gasteiger partial charge in [-0.2, -0.15) is 11.8 Å². The van der Waals surface area contributed by atoms with Crippen LogP contribution in [0.5, 0.6) is 0 Å². The second kappa shape index (κ2) is 10.9.